The molecule has 98 valence electrons. The molecule has 0 aliphatic heterocycles. The molecule has 1 amide bonds. The largest absolute Gasteiger partial charge is 0.573 e. The van der Waals surface area contributed by atoms with E-state index in [0.717, 1.165) is 18.2 Å². The fourth-order valence-electron chi connectivity index (χ4n) is 0.989. The van der Waals surface area contributed by atoms with E-state index in [9.17, 15) is 22.8 Å². The van der Waals surface area contributed by atoms with Crippen molar-refractivity contribution in [2.75, 3.05) is 5.32 Å². The van der Waals surface area contributed by atoms with Gasteiger partial charge in [0.05, 0.1) is 5.69 Å². The van der Waals surface area contributed by atoms with Gasteiger partial charge in [0, 0.05) is 5.02 Å². The predicted octanol–water partition coefficient (Wildman–Crippen LogP) is 2.26. The number of aliphatic carboxylic acids is 1. The van der Waals surface area contributed by atoms with Crippen LogP contribution in [0.5, 0.6) is 5.75 Å². The summed E-state index contributed by atoms with van der Waals surface area (Å²) in [6.45, 7) is 0. The van der Waals surface area contributed by atoms with Crippen LogP contribution in [-0.4, -0.2) is 23.3 Å². The van der Waals surface area contributed by atoms with Crippen LogP contribution >= 0.6 is 11.6 Å². The van der Waals surface area contributed by atoms with Gasteiger partial charge in [-0.1, -0.05) is 11.6 Å². The third-order valence-corrected chi connectivity index (χ3v) is 1.84. The number of carboxylic acids is 1. The monoisotopic (exact) mass is 283 g/mol. The Labute approximate surface area is 103 Å². The summed E-state index contributed by atoms with van der Waals surface area (Å²) < 4.78 is 39.7. The van der Waals surface area contributed by atoms with E-state index in [1.807, 2.05) is 0 Å². The normalized spacial score (nSPS) is 10.9. The number of benzene rings is 1. The Bertz CT molecular complexity index is 489. The molecule has 5 nitrogen and oxygen atoms in total. The molecule has 0 spiro atoms. The number of hydrogen-bond acceptors (Lipinski definition) is 3. The van der Waals surface area contributed by atoms with Crippen molar-refractivity contribution in [1.29, 1.82) is 0 Å². The summed E-state index contributed by atoms with van der Waals surface area (Å²) in [5, 5.41) is 10.1. The van der Waals surface area contributed by atoms with Crippen LogP contribution in [0.4, 0.5) is 18.9 Å². The van der Waals surface area contributed by atoms with Gasteiger partial charge in [-0.05, 0) is 18.2 Å². The number of anilines is 1. The predicted molar refractivity (Wildman–Crippen MR) is 54.4 cm³/mol. The van der Waals surface area contributed by atoms with Gasteiger partial charge in [0.15, 0.2) is 5.75 Å². The summed E-state index contributed by atoms with van der Waals surface area (Å²) in [5.41, 5.74) is -0.493. The van der Waals surface area contributed by atoms with E-state index in [-0.39, 0.29) is 5.02 Å². The van der Waals surface area contributed by atoms with Gasteiger partial charge < -0.3 is 15.2 Å². The summed E-state index contributed by atoms with van der Waals surface area (Å²) in [6.07, 6.45) is -4.98. The molecule has 18 heavy (non-hydrogen) atoms. The van der Waals surface area contributed by atoms with Gasteiger partial charge in [0.2, 0.25) is 0 Å². The van der Waals surface area contributed by atoms with Gasteiger partial charge in [-0.3, -0.25) is 4.79 Å². The van der Waals surface area contributed by atoms with Crippen LogP contribution in [0.1, 0.15) is 0 Å². The van der Waals surface area contributed by atoms with Crippen molar-refractivity contribution < 1.29 is 32.6 Å². The van der Waals surface area contributed by atoms with Crippen molar-refractivity contribution in [1.82, 2.24) is 0 Å². The lowest BCUT2D eigenvalue weighted by Gasteiger charge is -2.13. The molecule has 9 heteroatoms. The maximum absolute atomic E-state index is 12.0. The van der Waals surface area contributed by atoms with Crippen molar-refractivity contribution in [3.63, 3.8) is 0 Å². The zero-order chi connectivity index (χ0) is 13.9. The first kappa shape index (κ1) is 14.1. The minimum atomic E-state index is -4.98. The Morgan fingerprint density at radius 3 is 2.44 bits per heavy atom. The number of hydrogen-bond donors (Lipinski definition) is 2. The molecule has 0 saturated heterocycles. The first-order valence-electron chi connectivity index (χ1n) is 4.28. The Kier molecular flexibility index (Phi) is 4.02. The molecule has 0 bridgehead atoms. The summed E-state index contributed by atoms with van der Waals surface area (Å²) in [4.78, 5) is 21.1. The number of alkyl halides is 3. The summed E-state index contributed by atoms with van der Waals surface area (Å²) in [6, 6.07) is 2.88. The maximum atomic E-state index is 12.0. The average molecular weight is 284 g/mol. The van der Waals surface area contributed by atoms with Crippen LogP contribution in [0.15, 0.2) is 18.2 Å². The van der Waals surface area contributed by atoms with Crippen LogP contribution in [0.2, 0.25) is 5.02 Å². The molecular formula is C9H5ClF3NO4. The first-order valence-corrected chi connectivity index (χ1v) is 4.66. The van der Waals surface area contributed by atoms with E-state index in [0.29, 0.717) is 0 Å². The van der Waals surface area contributed by atoms with Crippen molar-refractivity contribution in [3.8, 4) is 5.75 Å². The Hall–Kier alpha value is -1.96. The van der Waals surface area contributed by atoms with E-state index in [4.69, 9.17) is 16.7 Å². The van der Waals surface area contributed by atoms with Crippen molar-refractivity contribution in [3.05, 3.63) is 23.2 Å². The third-order valence-electron chi connectivity index (χ3n) is 1.61. The van der Waals surface area contributed by atoms with Crippen molar-refractivity contribution >= 4 is 29.2 Å². The summed E-state index contributed by atoms with van der Waals surface area (Å²) in [7, 11) is 0. The van der Waals surface area contributed by atoms with Gasteiger partial charge >= 0.3 is 18.2 Å². The first-order chi connectivity index (χ1) is 8.19. The quantitative estimate of drug-likeness (QED) is 0.816. The number of halogens is 4. The number of ether oxygens (including phenoxy) is 1. The van der Waals surface area contributed by atoms with E-state index < -0.39 is 29.7 Å². The van der Waals surface area contributed by atoms with E-state index in [1.165, 1.54) is 0 Å². The molecule has 0 fully saturated rings. The molecular weight excluding hydrogens is 279 g/mol. The highest BCUT2D eigenvalue weighted by Gasteiger charge is 2.32. The van der Waals surface area contributed by atoms with Gasteiger partial charge in [0.1, 0.15) is 0 Å². The Morgan fingerprint density at radius 1 is 1.33 bits per heavy atom. The molecule has 0 aliphatic carbocycles. The summed E-state index contributed by atoms with van der Waals surface area (Å²) in [5.74, 6) is -4.13. The SMILES string of the molecule is O=C(O)C(=O)Nc1cc(Cl)ccc1OC(F)(F)F. The van der Waals surface area contributed by atoms with Crippen LogP contribution in [0.3, 0.4) is 0 Å². The second-order valence-corrected chi connectivity index (χ2v) is 3.38. The zero-order valence-electron chi connectivity index (χ0n) is 8.42. The lowest BCUT2D eigenvalue weighted by molar-refractivity contribution is -0.274. The molecule has 0 atom stereocenters. The highest BCUT2D eigenvalue weighted by Crippen LogP contribution is 2.32. The summed E-state index contributed by atoms with van der Waals surface area (Å²) >= 11 is 5.52. The number of carboxylic acid groups (broad SMARTS) is 1. The number of carbonyl (C=O) groups excluding carboxylic acids is 1. The molecule has 1 aromatic carbocycles. The maximum Gasteiger partial charge on any atom is 0.573 e. The average Bonchev–Trinajstić information content (AvgIpc) is 2.20. The number of carbonyl (C=O) groups is 2. The molecule has 1 rings (SSSR count). The molecule has 0 radical (unpaired) electrons. The standard InChI is InChI=1S/C9H5ClF3NO4/c10-4-1-2-6(18-9(11,12)13)5(3-4)14-7(15)8(16)17/h1-3H,(H,14,15)(H,16,17). The molecule has 0 aliphatic rings. The van der Waals surface area contributed by atoms with Crippen LogP contribution < -0.4 is 10.1 Å². The van der Waals surface area contributed by atoms with Gasteiger partial charge in [0.25, 0.3) is 0 Å². The fraction of sp³-hybridized carbons (Fsp3) is 0.111. The van der Waals surface area contributed by atoms with Gasteiger partial charge in [-0.2, -0.15) is 0 Å². The van der Waals surface area contributed by atoms with Crippen LogP contribution in [-0.2, 0) is 9.59 Å². The van der Waals surface area contributed by atoms with Gasteiger partial charge in [-0.15, -0.1) is 13.2 Å². The second-order valence-electron chi connectivity index (χ2n) is 2.95. The topological polar surface area (TPSA) is 75.6 Å². The molecule has 1 aromatic rings. The minimum Gasteiger partial charge on any atom is -0.474 e. The Balaban J connectivity index is 3.04. The van der Waals surface area contributed by atoms with Crippen LogP contribution in [0, 0.1) is 0 Å². The molecule has 0 aromatic heterocycles. The molecule has 0 unspecified atom stereocenters. The fourth-order valence-corrected chi connectivity index (χ4v) is 1.16. The molecule has 0 heterocycles. The third kappa shape index (κ3) is 4.13. The zero-order valence-corrected chi connectivity index (χ0v) is 9.17. The highest BCUT2D eigenvalue weighted by atomic mass is 35.5. The van der Waals surface area contributed by atoms with E-state index in [1.54, 1.807) is 5.32 Å². The highest BCUT2D eigenvalue weighted by molar-refractivity contribution is 6.37. The van der Waals surface area contributed by atoms with E-state index >= 15 is 0 Å². The minimum absolute atomic E-state index is 0.00483. The smallest absolute Gasteiger partial charge is 0.474 e. The van der Waals surface area contributed by atoms with Crippen molar-refractivity contribution in [2.45, 2.75) is 6.36 Å². The van der Waals surface area contributed by atoms with Crippen LogP contribution in [0.25, 0.3) is 0 Å². The van der Waals surface area contributed by atoms with Gasteiger partial charge in [-0.25, -0.2) is 4.79 Å². The lowest BCUT2D eigenvalue weighted by Crippen LogP contribution is -2.23. The lowest BCUT2D eigenvalue weighted by atomic mass is 10.3. The van der Waals surface area contributed by atoms with Crippen molar-refractivity contribution in [2.24, 2.45) is 0 Å². The van der Waals surface area contributed by atoms with E-state index in [2.05, 4.69) is 4.74 Å². The molecule has 2 N–H and O–H groups in total. The second kappa shape index (κ2) is 5.13. The number of nitrogens with one attached hydrogen (secondary N) is 1. The number of rotatable bonds is 2. The number of amides is 1. The Morgan fingerprint density at radius 2 is 1.94 bits per heavy atom. The molecule has 0 saturated carbocycles.